The number of anilines is 1. The zero-order chi connectivity index (χ0) is 57.6. The molecular formula is C55H82N10O12S. The smallest absolute Gasteiger partial charge is 0.410 e. The zero-order valence-electron chi connectivity index (χ0n) is 46.9. The molecule has 3 aromatic rings. The van der Waals surface area contributed by atoms with Crippen LogP contribution in [0, 0.1) is 23.7 Å². The summed E-state index contributed by atoms with van der Waals surface area (Å²) in [5, 5.41) is 16.3. The summed E-state index contributed by atoms with van der Waals surface area (Å²) in [6.07, 6.45) is 2.12. The number of carbonyl (C=O) groups is 8. The van der Waals surface area contributed by atoms with Crippen LogP contribution in [0.15, 0.2) is 66.2 Å². The second-order valence-electron chi connectivity index (χ2n) is 20.4. The van der Waals surface area contributed by atoms with Crippen molar-refractivity contribution >= 4 is 64.5 Å². The first-order valence-corrected chi connectivity index (χ1v) is 27.3. The second kappa shape index (κ2) is 31.8. The number of thiazole rings is 1. The van der Waals surface area contributed by atoms with Crippen molar-refractivity contribution in [3.63, 3.8) is 0 Å². The second-order valence-corrected chi connectivity index (χ2v) is 21.3. The van der Waals surface area contributed by atoms with E-state index in [-0.39, 0.29) is 61.2 Å². The van der Waals surface area contributed by atoms with Gasteiger partial charge in [-0.05, 0) is 60.3 Å². The number of nitrogens with two attached hydrogens (primary N) is 1. The molecule has 0 saturated carbocycles. The number of carbonyl (C=O) groups excluding carboxylic acids is 8. The number of nitrogens with one attached hydrogen (secondary N) is 5. The molecule has 1 aromatic heterocycles. The lowest BCUT2D eigenvalue weighted by Gasteiger charge is -2.39. The highest BCUT2D eigenvalue weighted by Gasteiger charge is 2.43. The minimum atomic E-state index is -1.01. The van der Waals surface area contributed by atoms with E-state index in [0.29, 0.717) is 37.1 Å². The average molecular weight is 1110 g/mol. The van der Waals surface area contributed by atoms with Crippen LogP contribution in [0.4, 0.5) is 10.5 Å². The topological polar surface area (TPSA) is 282 Å². The highest BCUT2D eigenvalue weighted by molar-refractivity contribution is 7.09. The maximum atomic E-state index is 14.4. The van der Waals surface area contributed by atoms with Gasteiger partial charge in [-0.3, -0.25) is 43.3 Å². The number of likely N-dealkylation sites (N-methyl/N-ethyl adjacent to an activating group) is 2. The van der Waals surface area contributed by atoms with Crippen LogP contribution >= 0.6 is 11.3 Å². The molecular weight excluding hydrogens is 1020 g/mol. The quantitative estimate of drug-likeness (QED) is 0.0516. The Balaban J connectivity index is 1.32. The number of hydrogen-bond acceptors (Lipinski definition) is 15. The van der Waals surface area contributed by atoms with Crippen LogP contribution in [0.1, 0.15) is 96.3 Å². The molecule has 4 rings (SSSR count). The van der Waals surface area contributed by atoms with Crippen molar-refractivity contribution in [3.05, 3.63) is 82.3 Å². The van der Waals surface area contributed by atoms with Crippen molar-refractivity contribution in [3.8, 4) is 0 Å². The lowest BCUT2D eigenvalue weighted by atomic mass is 9.90. The number of amides is 8. The van der Waals surface area contributed by atoms with Gasteiger partial charge in [0, 0.05) is 52.1 Å². The third kappa shape index (κ3) is 18.6. The number of aromatic nitrogens is 1. The Morgan fingerprint density at radius 2 is 1.49 bits per heavy atom. The minimum absolute atomic E-state index is 0.0487. The van der Waals surface area contributed by atoms with Gasteiger partial charge in [-0.2, -0.15) is 0 Å². The average Bonchev–Trinajstić information content (AvgIpc) is 4.15. The van der Waals surface area contributed by atoms with E-state index < -0.39 is 85.0 Å². The van der Waals surface area contributed by atoms with E-state index in [1.807, 2.05) is 56.5 Å². The molecule has 0 radical (unpaired) electrons. The van der Waals surface area contributed by atoms with Gasteiger partial charge < -0.3 is 50.6 Å². The molecule has 0 aliphatic carbocycles. The normalized spacial score (nSPS) is 16.4. The molecule has 430 valence electrons. The summed E-state index contributed by atoms with van der Waals surface area (Å²) >= 11 is 1.47. The Kier molecular flexibility index (Phi) is 26.1. The van der Waals surface area contributed by atoms with Crippen LogP contribution in [0.2, 0.25) is 0 Å². The maximum Gasteiger partial charge on any atom is 0.410 e. The number of rotatable bonds is 30. The van der Waals surface area contributed by atoms with Gasteiger partial charge in [0.25, 0.3) is 0 Å². The molecule has 8 amide bonds. The molecule has 78 heavy (non-hydrogen) atoms. The van der Waals surface area contributed by atoms with E-state index in [0.717, 1.165) is 17.0 Å². The minimum Gasteiger partial charge on any atom is -0.445 e. The van der Waals surface area contributed by atoms with Gasteiger partial charge in [0.15, 0.2) is 0 Å². The van der Waals surface area contributed by atoms with Crippen LogP contribution in [0.5, 0.6) is 0 Å². The third-order valence-corrected chi connectivity index (χ3v) is 15.1. The fraction of sp³-hybridized carbons (Fsp3) is 0.582. The van der Waals surface area contributed by atoms with Gasteiger partial charge in [-0.25, -0.2) is 15.7 Å². The summed E-state index contributed by atoms with van der Waals surface area (Å²) in [6.45, 7) is 11.9. The molecule has 9 unspecified atom stereocenters. The fourth-order valence-electron chi connectivity index (χ4n) is 9.76. The molecule has 1 aliphatic heterocycles. The van der Waals surface area contributed by atoms with Gasteiger partial charge in [0.2, 0.25) is 41.4 Å². The molecule has 7 N–H and O–H groups in total. The molecule has 1 fully saturated rings. The van der Waals surface area contributed by atoms with Gasteiger partial charge in [-0.1, -0.05) is 97.4 Å². The van der Waals surface area contributed by atoms with E-state index in [1.54, 1.807) is 77.2 Å². The molecule has 1 saturated heterocycles. The molecule has 22 nitrogen and oxygen atoms in total. The van der Waals surface area contributed by atoms with Crippen molar-refractivity contribution in [2.75, 3.05) is 59.9 Å². The summed E-state index contributed by atoms with van der Waals surface area (Å²) in [6, 6.07) is 13.1. The van der Waals surface area contributed by atoms with Gasteiger partial charge in [-0.15, -0.1) is 11.3 Å². The van der Waals surface area contributed by atoms with Gasteiger partial charge >= 0.3 is 6.09 Å². The van der Waals surface area contributed by atoms with Crippen molar-refractivity contribution in [1.82, 2.24) is 41.0 Å². The van der Waals surface area contributed by atoms with Crippen molar-refractivity contribution in [2.24, 2.45) is 29.6 Å². The highest BCUT2D eigenvalue weighted by Crippen LogP contribution is 2.30. The number of benzene rings is 2. The predicted molar refractivity (Wildman–Crippen MR) is 294 cm³/mol. The number of hydrogen-bond donors (Lipinski definition) is 6. The third-order valence-electron chi connectivity index (χ3n) is 14.2. The number of ether oxygens (including phenoxy) is 3. The Morgan fingerprint density at radius 3 is 2.08 bits per heavy atom. The fourth-order valence-corrected chi connectivity index (χ4v) is 10.4. The lowest BCUT2D eigenvalue weighted by Crippen LogP contribution is -2.55. The molecule has 1 aliphatic rings. The van der Waals surface area contributed by atoms with Crippen LogP contribution in [-0.2, 0) is 65.6 Å². The van der Waals surface area contributed by atoms with Crippen LogP contribution in [-0.4, -0.2) is 158 Å². The number of methoxy groups -OCH3 is 2. The first-order chi connectivity index (χ1) is 37.1. The molecule has 2 aromatic carbocycles. The Labute approximate surface area is 462 Å². The van der Waals surface area contributed by atoms with Gasteiger partial charge in [0.05, 0.1) is 55.8 Å². The molecule has 23 heteroatoms. The van der Waals surface area contributed by atoms with Crippen LogP contribution < -0.4 is 32.5 Å². The van der Waals surface area contributed by atoms with Crippen molar-refractivity contribution in [1.29, 1.82) is 0 Å². The Bertz CT molecular complexity index is 2410. The maximum absolute atomic E-state index is 14.4. The summed E-state index contributed by atoms with van der Waals surface area (Å²) in [4.78, 5) is 120. The van der Waals surface area contributed by atoms with E-state index in [1.165, 1.54) is 35.3 Å². The van der Waals surface area contributed by atoms with Crippen LogP contribution in [0.25, 0.3) is 0 Å². The summed E-state index contributed by atoms with van der Waals surface area (Å²) in [5.74, 6) is 0.466. The first kappa shape index (κ1) is 64.0. The summed E-state index contributed by atoms with van der Waals surface area (Å²) in [7, 11) is 6.12. The largest absolute Gasteiger partial charge is 0.445 e. The van der Waals surface area contributed by atoms with E-state index in [4.69, 9.17) is 20.1 Å². The molecule has 0 spiro atoms. The first-order valence-electron chi connectivity index (χ1n) is 26.4. The summed E-state index contributed by atoms with van der Waals surface area (Å²) < 4.78 is 17.6. The Morgan fingerprint density at radius 1 is 0.808 bits per heavy atom. The van der Waals surface area contributed by atoms with Gasteiger partial charge in [0.1, 0.15) is 30.3 Å². The lowest BCUT2D eigenvalue weighted by molar-refractivity contribution is -0.146. The number of nitrogens with zero attached hydrogens (tertiary/aromatic N) is 4. The Hall–Kier alpha value is -6.53. The van der Waals surface area contributed by atoms with E-state index in [9.17, 15) is 38.4 Å². The predicted octanol–water partition coefficient (Wildman–Crippen LogP) is 3.96. The van der Waals surface area contributed by atoms with E-state index >= 15 is 0 Å². The standard InChI is InChI=1S/C55H82N10O12S/c1-12-35(6)49(42(74-10)28-45(68)65-25-16-19-41(65)50(75-11)36(7)51(70)61-40(54-57-24-26-78-54)27-37-17-14-13-15-18-37)63(8)46(69)30-59-53(72)48(34(4)5)64(9)55(73)76-31-38-20-22-39(23-21-38)60-43(66)29-58-52(71)47(33(2)3)62-44(67)32-77-56/h13-15,17-18,20-24,26,33-36,40-42,47-50H,12,16,19,25,27-32,56H2,1-11H3,(H,58,71)(H,59,72)(H,60,66)(H,61,70)(H,62,67). The number of likely N-dealkylation sites (tertiary alicyclic amines) is 1. The van der Waals surface area contributed by atoms with Crippen molar-refractivity contribution < 1.29 is 57.4 Å². The van der Waals surface area contributed by atoms with Crippen molar-refractivity contribution in [2.45, 2.75) is 130 Å². The molecule has 0 bridgehead atoms. The zero-order valence-corrected chi connectivity index (χ0v) is 47.8. The highest BCUT2D eigenvalue weighted by atomic mass is 32.1. The molecule has 9 atom stereocenters. The monoisotopic (exact) mass is 1110 g/mol. The SMILES string of the molecule is CCC(C)C(C(CC(=O)N1CCCC1C(OC)C(C)C(=O)NC(Cc1ccccc1)c1nccs1)OC)N(C)C(=O)CNC(=O)C(C(C)C)N(C)C(=O)OCc1ccc(NC(=O)CNC(=O)C(NC(=O)CON)C(C)C)cc1. The molecule has 2 heterocycles. The van der Waals surface area contributed by atoms with E-state index in [2.05, 4.69) is 36.4 Å². The van der Waals surface area contributed by atoms with Crippen LogP contribution in [0.3, 0.4) is 0 Å². The summed E-state index contributed by atoms with van der Waals surface area (Å²) in [5.41, 5.74) is 2.05.